The Hall–Kier alpha value is -2.31. The van der Waals surface area contributed by atoms with Crippen molar-refractivity contribution in [2.45, 2.75) is 26.3 Å². The van der Waals surface area contributed by atoms with Crippen LogP contribution in [-0.4, -0.2) is 31.6 Å². The maximum Gasteiger partial charge on any atom is 0.319 e. The number of hydrogen-bond acceptors (Lipinski definition) is 3. The van der Waals surface area contributed by atoms with Gasteiger partial charge in [0.05, 0.1) is 12.8 Å². The van der Waals surface area contributed by atoms with Crippen molar-refractivity contribution < 1.29 is 18.7 Å². The van der Waals surface area contributed by atoms with E-state index in [-0.39, 0.29) is 30.7 Å². The van der Waals surface area contributed by atoms with Crippen LogP contribution in [0.5, 0.6) is 5.75 Å². The van der Waals surface area contributed by atoms with Gasteiger partial charge in [-0.1, -0.05) is 0 Å². The maximum absolute atomic E-state index is 13.0. The van der Waals surface area contributed by atoms with Gasteiger partial charge in [-0.3, -0.25) is 4.79 Å². The Labute approximate surface area is 123 Å². The molecule has 6 nitrogen and oxygen atoms in total. The first-order valence-electron chi connectivity index (χ1n) is 6.60. The van der Waals surface area contributed by atoms with Gasteiger partial charge in [0, 0.05) is 25.1 Å². The zero-order valence-electron chi connectivity index (χ0n) is 12.3. The molecule has 116 valence electrons. The first kappa shape index (κ1) is 16.7. The Kier molecular flexibility index (Phi) is 6.45. The summed E-state index contributed by atoms with van der Waals surface area (Å²) < 4.78 is 18.0. The molecule has 0 atom stereocenters. The fraction of sp³-hybridized carbons (Fsp3) is 0.429. The minimum Gasteiger partial charge on any atom is -0.494 e. The normalized spacial score (nSPS) is 10.1. The molecule has 0 saturated carbocycles. The molecule has 1 aromatic carbocycles. The van der Waals surface area contributed by atoms with Crippen molar-refractivity contribution in [2.75, 3.05) is 19.0 Å². The van der Waals surface area contributed by atoms with E-state index >= 15 is 0 Å². The van der Waals surface area contributed by atoms with Crippen LogP contribution < -0.4 is 20.7 Å². The number of rotatable bonds is 6. The molecule has 0 saturated heterocycles. The average molecular weight is 297 g/mol. The lowest BCUT2D eigenvalue weighted by molar-refractivity contribution is -0.121. The number of ether oxygens (including phenoxy) is 1. The Morgan fingerprint density at radius 1 is 1.33 bits per heavy atom. The molecule has 1 aromatic rings. The van der Waals surface area contributed by atoms with Gasteiger partial charge >= 0.3 is 6.03 Å². The number of methoxy groups -OCH3 is 1. The van der Waals surface area contributed by atoms with E-state index in [0.29, 0.717) is 5.69 Å². The lowest BCUT2D eigenvalue weighted by atomic mass is 10.3. The fourth-order valence-electron chi connectivity index (χ4n) is 1.62. The van der Waals surface area contributed by atoms with E-state index in [2.05, 4.69) is 16.0 Å². The predicted octanol–water partition coefficient (Wildman–Crippen LogP) is 1.87. The van der Waals surface area contributed by atoms with E-state index in [0.717, 1.165) is 0 Å². The molecule has 0 aliphatic heterocycles. The summed E-state index contributed by atoms with van der Waals surface area (Å²) in [6, 6.07) is 3.37. The monoisotopic (exact) mass is 297 g/mol. The van der Waals surface area contributed by atoms with Crippen LogP contribution in [0.2, 0.25) is 0 Å². The van der Waals surface area contributed by atoms with Gasteiger partial charge in [0.15, 0.2) is 0 Å². The summed E-state index contributed by atoms with van der Waals surface area (Å²) in [6.45, 7) is 3.92. The van der Waals surface area contributed by atoms with Gasteiger partial charge in [0.2, 0.25) is 5.91 Å². The molecular weight excluding hydrogens is 277 g/mol. The van der Waals surface area contributed by atoms with E-state index in [1.807, 2.05) is 13.8 Å². The zero-order chi connectivity index (χ0) is 15.8. The zero-order valence-corrected chi connectivity index (χ0v) is 12.3. The van der Waals surface area contributed by atoms with E-state index in [9.17, 15) is 14.0 Å². The van der Waals surface area contributed by atoms with E-state index in [1.54, 1.807) is 0 Å². The highest BCUT2D eigenvalue weighted by molar-refractivity contribution is 5.91. The largest absolute Gasteiger partial charge is 0.494 e. The van der Waals surface area contributed by atoms with E-state index < -0.39 is 11.8 Å². The number of carbonyl (C=O) groups is 2. The van der Waals surface area contributed by atoms with Gasteiger partial charge in [-0.15, -0.1) is 0 Å². The number of hydrogen-bond donors (Lipinski definition) is 3. The minimum absolute atomic E-state index is 0.0646. The summed E-state index contributed by atoms with van der Waals surface area (Å²) in [4.78, 5) is 23.1. The highest BCUT2D eigenvalue weighted by Gasteiger charge is 2.09. The predicted molar refractivity (Wildman–Crippen MR) is 77.9 cm³/mol. The number of benzene rings is 1. The summed E-state index contributed by atoms with van der Waals surface area (Å²) in [5.74, 6) is -0.365. The number of halogens is 1. The van der Waals surface area contributed by atoms with Gasteiger partial charge in [0.1, 0.15) is 11.6 Å². The standard InChI is InChI=1S/C14H20FN3O3/c1-9(2)17-13(19)6-7-16-14(20)18-11-5-4-10(15)8-12(11)21-3/h4-5,8-9H,6-7H2,1-3H3,(H,17,19)(H2,16,18,20). The number of urea groups is 1. The van der Waals surface area contributed by atoms with Crippen molar-refractivity contribution >= 4 is 17.6 Å². The van der Waals surface area contributed by atoms with Crippen molar-refractivity contribution in [3.63, 3.8) is 0 Å². The Balaban J connectivity index is 2.42. The molecule has 0 heterocycles. The molecular formula is C14H20FN3O3. The van der Waals surface area contributed by atoms with E-state index in [1.165, 1.54) is 25.3 Å². The van der Waals surface area contributed by atoms with Gasteiger partial charge in [-0.25, -0.2) is 9.18 Å². The van der Waals surface area contributed by atoms with Crippen LogP contribution in [0.15, 0.2) is 18.2 Å². The molecule has 21 heavy (non-hydrogen) atoms. The summed E-state index contributed by atoms with van der Waals surface area (Å²) in [5, 5.41) is 7.79. The molecule has 0 fully saturated rings. The van der Waals surface area contributed by atoms with Crippen LogP contribution in [0.25, 0.3) is 0 Å². The molecule has 3 N–H and O–H groups in total. The Morgan fingerprint density at radius 2 is 2.05 bits per heavy atom. The van der Waals surface area contributed by atoms with Crippen molar-refractivity contribution in [1.29, 1.82) is 0 Å². The minimum atomic E-state index is -0.489. The highest BCUT2D eigenvalue weighted by atomic mass is 19.1. The molecule has 0 aromatic heterocycles. The van der Waals surface area contributed by atoms with Crippen LogP contribution in [0.3, 0.4) is 0 Å². The van der Waals surface area contributed by atoms with Crippen LogP contribution in [0.4, 0.5) is 14.9 Å². The van der Waals surface area contributed by atoms with Crippen molar-refractivity contribution in [1.82, 2.24) is 10.6 Å². The fourth-order valence-corrected chi connectivity index (χ4v) is 1.62. The molecule has 0 bridgehead atoms. The van der Waals surface area contributed by atoms with Gasteiger partial charge in [-0.2, -0.15) is 0 Å². The second-order valence-electron chi connectivity index (χ2n) is 4.70. The quantitative estimate of drug-likeness (QED) is 0.750. The second kappa shape index (κ2) is 8.08. The number of nitrogens with one attached hydrogen (secondary N) is 3. The topological polar surface area (TPSA) is 79.5 Å². The molecule has 3 amide bonds. The average Bonchev–Trinajstić information content (AvgIpc) is 2.39. The first-order chi connectivity index (χ1) is 9.92. The third kappa shape index (κ3) is 6.11. The third-order valence-corrected chi connectivity index (χ3v) is 2.50. The lowest BCUT2D eigenvalue weighted by Gasteiger charge is -2.12. The molecule has 1 rings (SSSR count). The molecule has 7 heteroatoms. The molecule has 0 unspecified atom stereocenters. The van der Waals surface area contributed by atoms with Crippen LogP contribution in [-0.2, 0) is 4.79 Å². The molecule has 0 aliphatic carbocycles. The summed E-state index contributed by atoms with van der Waals surface area (Å²) >= 11 is 0. The first-order valence-corrected chi connectivity index (χ1v) is 6.60. The van der Waals surface area contributed by atoms with Crippen LogP contribution in [0, 0.1) is 5.82 Å². The molecule has 0 aliphatic rings. The Morgan fingerprint density at radius 3 is 2.67 bits per heavy atom. The van der Waals surface area contributed by atoms with Crippen molar-refractivity contribution in [3.05, 3.63) is 24.0 Å². The third-order valence-electron chi connectivity index (χ3n) is 2.50. The molecule has 0 spiro atoms. The second-order valence-corrected chi connectivity index (χ2v) is 4.70. The van der Waals surface area contributed by atoms with Crippen molar-refractivity contribution in [3.8, 4) is 5.75 Å². The number of amides is 3. The van der Waals surface area contributed by atoms with Crippen LogP contribution in [0.1, 0.15) is 20.3 Å². The summed E-state index contributed by atoms with van der Waals surface area (Å²) in [6.07, 6.45) is 0.187. The van der Waals surface area contributed by atoms with Gasteiger partial charge in [0.25, 0.3) is 0 Å². The lowest BCUT2D eigenvalue weighted by Crippen LogP contribution is -2.35. The Bertz CT molecular complexity index is 506. The van der Waals surface area contributed by atoms with Gasteiger partial charge in [-0.05, 0) is 26.0 Å². The number of anilines is 1. The van der Waals surface area contributed by atoms with E-state index in [4.69, 9.17) is 4.74 Å². The summed E-state index contributed by atoms with van der Waals surface area (Å²) in [7, 11) is 1.38. The molecule has 0 radical (unpaired) electrons. The smallest absolute Gasteiger partial charge is 0.319 e. The SMILES string of the molecule is COc1cc(F)ccc1NC(=O)NCCC(=O)NC(C)C. The summed E-state index contributed by atoms with van der Waals surface area (Å²) in [5.41, 5.74) is 0.350. The van der Waals surface area contributed by atoms with Gasteiger partial charge < -0.3 is 20.7 Å². The maximum atomic E-state index is 13.0. The number of carbonyl (C=O) groups excluding carboxylic acids is 2. The highest BCUT2D eigenvalue weighted by Crippen LogP contribution is 2.24. The van der Waals surface area contributed by atoms with Crippen LogP contribution >= 0.6 is 0 Å². The van der Waals surface area contributed by atoms with Crippen molar-refractivity contribution in [2.24, 2.45) is 0 Å².